The van der Waals surface area contributed by atoms with Crippen LogP contribution in [0.1, 0.15) is 69.0 Å². The predicted molar refractivity (Wildman–Crippen MR) is 134 cm³/mol. The third-order valence-corrected chi connectivity index (χ3v) is 5.90. The van der Waals surface area contributed by atoms with Crippen LogP contribution in [0.3, 0.4) is 0 Å². The first-order valence-electron chi connectivity index (χ1n) is 11.4. The zero-order chi connectivity index (χ0) is 24.9. The number of aromatic nitrogens is 3. The van der Waals surface area contributed by atoms with E-state index in [-0.39, 0.29) is 5.56 Å². The number of aromatic amines is 1. The second-order valence-corrected chi connectivity index (χ2v) is 8.52. The van der Waals surface area contributed by atoms with E-state index in [2.05, 4.69) is 23.9 Å². The molecule has 180 valence electrons. The first-order chi connectivity index (χ1) is 16.2. The number of para-hydroxylation sites is 1. The molecule has 0 amide bonds. The largest absolute Gasteiger partial charge is 0.397 e. The van der Waals surface area contributed by atoms with Crippen LogP contribution in [0, 0.1) is 12.3 Å². The van der Waals surface area contributed by atoms with Gasteiger partial charge in [0.15, 0.2) is 0 Å². The number of nitrogens with one attached hydrogen (secondary N) is 1. The number of halogens is 3. The molecule has 2 heterocycles. The minimum absolute atomic E-state index is 0.213. The molecule has 1 aromatic carbocycles. The number of nitrogens with two attached hydrogens (primary N) is 1. The van der Waals surface area contributed by atoms with Crippen molar-refractivity contribution >= 4 is 22.8 Å². The molecule has 0 bridgehead atoms. The predicted octanol–water partition coefficient (Wildman–Crippen LogP) is 7.24. The lowest BCUT2D eigenvalue weighted by Crippen LogP contribution is -2.11. The number of allylic oxidation sites excluding steroid dienone is 1. The van der Waals surface area contributed by atoms with Crippen molar-refractivity contribution in [3.8, 4) is 23.7 Å². The number of imidazole rings is 1. The highest BCUT2D eigenvalue weighted by atomic mass is 19.4. The second kappa shape index (κ2) is 10.7. The Morgan fingerprint density at radius 3 is 2.59 bits per heavy atom. The van der Waals surface area contributed by atoms with E-state index in [1.54, 1.807) is 19.1 Å². The molecule has 4 rings (SSSR count). The van der Waals surface area contributed by atoms with Gasteiger partial charge in [0.05, 0.1) is 23.5 Å². The average Bonchev–Trinajstić information content (AvgIpc) is 3.37. The SMILES string of the molecule is C#CC.C=C(N)c1c(-c2cc3cccc(CC(F)(F)F)c3[nH]2)nc(C2CCCCC2)n1/C=C\C. The molecule has 0 unspecified atom stereocenters. The van der Waals surface area contributed by atoms with Gasteiger partial charge in [-0.1, -0.05) is 50.1 Å². The summed E-state index contributed by atoms with van der Waals surface area (Å²) in [6.07, 6.45) is 8.87. The molecule has 0 aliphatic heterocycles. The van der Waals surface area contributed by atoms with Crippen LogP contribution in [0.15, 0.2) is 36.9 Å². The standard InChI is InChI=1S/C24H27F3N4.C3H4/c1-3-12-31-22(15(2)28)21(30-23(31)16-8-5-4-6-9-16)19-13-17-10-7-11-18(20(17)29-19)14-24(25,26)27;1-3-2/h3,7,10-13,16,29H,2,4-6,8-9,14,28H2,1H3;1H,2H3/b12-3-;. The Balaban J connectivity index is 0.00000103. The van der Waals surface area contributed by atoms with E-state index in [1.807, 2.05) is 29.8 Å². The first-order valence-corrected chi connectivity index (χ1v) is 11.4. The van der Waals surface area contributed by atoms with Crippen LogP contribution in [0.5, 0.6) is 0 Å². The van der Waals surface area contributed by atoms with Gasteiger partial charge in [0.25, 0.3) is 0 Å². The molecule has 34 heavy (non-hydrogen) atoms. The smallest absolute Gasteiger partial charge is 0.393 e. The van der Waals surface area contributed by atoms with E-state index in [0.717, 1.165) is 31.5 Å². The molecule has 2 aromatic heterocycles. The van der Waals surface area contributed by atoms with Crippen LogP contribution in [0.4, 0.5) is 13.2 Å². The van der Waals surface area contributed by atoms with Crippen molar-refractivity contribution in [1.29, 1.82) is 0 Å². The highest BCUT2D eigenvalue weighted by Crippen LogP contribution is 2.38. The molecule has 7 heteroatoms. The van der Waals surface area contributed by atoms with E-state index < -0.39 is 12.6 Å². The van der Waals surface area contributed by atoms with E-state index in [1.165, 1.54) is 12.5 Å². The van der Waals surface area contributed by atoms with Crippen molar-refractivity contribution in [2.24, 2.45) is 5.73 Å². The van der Waals surface area contributed by atoms with E-state index in [0.29, 0.717) is 39.6 Å². The molecule has 3 N–H and O–H groups in total. The topological polar surface area (TPSA) is 59.6 Å². The molecule has 1 aliphatic carbocycles. The fourth-order valence-electron chi connectivity index (χ4n) is 4.60. The van der Waals surface area contributed by atoms with E-state index in [4.69, 9.17) is 10.7 Å². The van der Waals surface area contributed by atoms with Crippen molar-refractivity contribution in [3.05, 3.63) is 54.0 Å². The highest BCUT2D eigenvalue weighted by Gasteiger charge is 2.30. The van der Waals surface area contributed by atoms with E-state index in [9.17, 15) is 13.2 Å². The summed E-state index contributed by atoms with van der Waals surface area (Å²) in [5.74, 6) is 3.51. The zero-order valence-corrected chi connectivity index (χ0v) is 19.7. The lowest BCUT2D eigenvalue weighted by Gasteiger charge is -2.21. The van der Waals surface area contributed by atoms with Crippen molar-refractivity contribution < 1.29 is 13.2 Å². The van der Waals surface area contributed by atoms with Gasteiger partial charge in [-0.05, 0) is 38.3 Å². The quantitative estimate of drug-likeness (QED) is 0.388. The van der Waals surface area contributed by atoms with Crippen molar-refractivity contribution in [2.45, 2.75) is 64.5 Å². The molecule has 4 nitrogen and oxygen atoms in total. The van der Waals surface area contributed by atoms with Crippen molar-refractivity contribution in [1.82, 2.24) is 14.5 Å². The Hall–Kier alpha value is -3.40. The summed E-state index contributed by atoms with van der Waals surface area (Å²) in [6, 6.07) is 6.80. The lowest BCUT2D eigenvalue weighted by atomic mass is 9.88. The molecular weight excluding hydrogens is 437 g/mol. The van der Waals surface area contributed by atoms with Gasteiger partial charge in [-0.2, -0.15) is 13.2 Å². The lowest BCUT2D eigenvalue weighted by molar-refractivity contribution is -0.127. The average molecular weight is 469 g/mol. The van der Waals surface area contributed by atoms with Gasteiger partial charge in [0, 0.05) is 23.0 Å². The summed E-state index contributed by atoms with van der Waals surface area (Å²) in [6.45, 7) is 7.54. The Bertz CT molecular complexity index is 1220. The second-order valence-electron chi connectivity index (χ2n) is 8.52. The van der Waals surface area contributed by atoms with Gasteiger partial charge in [-0.15, -0.1) is 12.3 Å². The normalized spacial score (nSPS) is 14.7. The Morgan fingerprint density at radius 2 is 2.00 bits per heavy atom. The molecule has 0 saturated heterocycles. The number of alkyl halides is 3. The Labute approximate surface area is 198 Å². The molecule has 0 atom stereocenters. The van der Waals surface area contributed by atoms with Gasteiger partial charge in [-0.3, -0.25) is 0 Å². The number of nitrogens with zero attached hydrogens (tertiary/aromatic N) is 2. The molecule has 1 saturated carbocycles. The summed E-state index contributed by atoms with van der Waals surface area (Å²) in [5, 5.41) is 0.713. The molecule has 3 aromatic rings. The van der Waals surface area contributed by atoms with Crippen LogP contribution >= 0.6 is 0 Å². The summed E-state index contributed by atoms with van der Waals surface area (Å²) in [4.78, 5) is 8.15. The van der Waals surface area contributed by atoms with Crippen LogP contribution in [-0.4, -0.2) is 20.7 Å². The first kappa shape index (κ1) is 25.2. The summed E-state index contributed by atoms with van der Waals surface area (Å²) < 4.78 is 41.1. The van der Waals surface area contributed by atoms with Gasteiger partial charge in [-0.25, -0.2) is 4.98 Å². The van der Waals surface area contributed by atoms with Crippen LogP contribution in [-0.2, 0) is 6.42 Å². The number of H-pyrrole nitrogens is 1. The molecule has 1 aliphatic rings. The maximum absolute atomic E-state index is 13.1. The van der Waals surface area contributed by atoms with Crippen LogP contribution < -0.4 is 5.73 Å². The zero-order valence-electron chi connectivity index (χ0n) is 19.7. The van der Waals surface area contributed by atoms with Gasteiger partial charge in [0.1, 0.15) is 11.5 Å². The van der Waals surface area contributed by atoms with Gasteiger partial charge >= 0.3 is 6.18 Å². The van der Waals surface area contributed by atoms with Crippen molar-refractivity contribution in [3.63, 3.8) is 0 Å². The number of benzene rings is 1. The monoisotopic (exact) mass is 468 g/mol. The minimum Gasteiger partial charge on any atom is -0.397 e. The molecule has 0 radical (unpaired) electrons. The van der Waals surface area contributed by atoms with Gasteiger partial charge < -0.3 is 15.3 Å². The van der Waals surface area contributed by atoms with Crippen molar-refractivity contribution in [2.75, 3.05) is 0 Å². The molecular formula is C27H31F3N4. The molecule has 0 spiro atoms. The Kier molecular flexibility index (Phi) is 7.93. The molecule has 1 fully saturated rings. The fourth-order valence-corrected chi connectivity index (χ4v) is 4.60. The summed E-state index contributed by atoms with van der Waals surface area (Å²) >= 11 is 0. The number of hydrogen-bond donors (Lipinski definition) is 2. The van der Waals surface area contributed by atoms with E-state index >= 15 is 0 Å². The number of fused-ring (bicyclic) bond motifs is 1. The number of rotatable bonds is 5. The van der Waals surface area contributed by atoms with Crippen LogP contribution in [0.25, 0.3) is 34.2 Å². The van der Waals surface area contributed by atoms with Gasteiger partial charge in [0.2, 0.25) is 0 Å². The number of terminal acetylenes is 1. The maximum Gasteiger partial charge on any atom is 0.393 e. The highest BCUT2D eigenvalue weighted by molar-refractivity contribution is 5.89. The maximum atomic E-state index is 13.1. The number of hydrogen-bond acceptors (Lipinski definition) is 2. The third kappa shape index (κ3) is 5.56. The Morgan fingerprint density at radius 1 is 1.32 bits per heavy atom. The fraction of sp³-hybridized carbons (Fsp3) is 0.370. The summed E-state index contributed by atoms with van der Waals surface area (Å²) in [7, 11) is 0. The van der Waals surface area contributed by atoms with Crippen LogP contribution in [0.2, 0.25) is 0 Å². The minimum atomic E-state index is -4.28. The summed E-state index contributed by atoms with van der Waals surface area (Å²) in [5.41, 5.74) is 9.19. The third-order valence-electron chi connectivity index (χ3n) is 5.90.